The van der Waals surface area contributed by atoms with Gasteiger partial charge in [-0.25, -0.2) is 0 Å². The minimum atomic E-state index is -0.521. The second-order valence-corrected chi connectivity index (χ2v) is 5.26. The fraction of sp³-hybridized carbons (Fsp3) is 0.909. The topological polar surface area (TPSA) is 49.3 Å². The van der Waals surface area contributed by atoms with E-state index >= 15 is 0 Å². The summed E-state index contributed by atoms with van der Waals surface area (Å²) in [5, 5.41) is 12.8. The van der Waals surface area contributed by atoms with E-state index in [9.17, 15) is 9.90 Å². The van der Waals surface area contributed by atoms with Gasteiger partial charge in [0.1, 0.15) is 0 Å². The largest absolute Gasteiger partial charge is 0.392 e. The summed E-state index contributed by atoms with van der Waals surface area (Å²) in [7, 11) is 1.66. The third-order valence-electron chi connectivity index (χ3n) is 4.77. The molecule has 2 aliphatic carbocycles. The summed E-state index contributed by atoms with van der Waals surface area (Å²) in [5.41, 5.74) is -0.571. The molecule has 0 aromatic rings. The summed E-state index contributed by atoms with van der Waals surface area (Å²) in [6, 6.07) is 0. The standard InChI is InChI=1S/C11H19NO2/c1-10(2)7-4-5-11(10,8(13)6-7)9(14)12-3/h7-8,13H,4-6H2,1-3H3,(H,12,14). The van der Waals surface area contributed by atoms with E-state index in [1.54, 1.807) is 7.05 Å². The number of carbonyl (C=O) groups is 1. The van der Waals surface area contributed by atoms with Crippen LogP contribution in [0.25, 0.3) is 0 Å². The van der Waals surface area contributed by atoms with Gasteiger partial charge in [0.2, 0.25) is 5.91 Å². The highest BCUT2D eigenvalue weighted by Crippen LogP contribution is 2.65. The average Bonchev–Trinajstić information content (AvgIpc) is 2.49. The quantitative estimate of drug-likeness (QED) is 0.656. The lowest BCUT2D eigenvalue weighted by Gasteiger charge is -2.38. The highest BCUT2D eigenvalue weighted by molar-refractivity contribution is 5.85. The predicted octanol–water partition coefficient (Wildman–Crippen LogP) is 0.920. The van der Waals surface area contributed by atoms with Crippen molar-refractivity contribution in [2.45, 2.75) is 39.2 Å². The van der Waals surface area contributed by atoms with Gasteiger partial charge in [-0.05, 0) is 30.6 Å². The van der Waals surface area contributed by atoms with E-state index in [1.807, 2.05) is 0 Å². The fourth-order valence-corrected chi connectivity index (χ4v) is 3.71. The summed E-state index contributed by atoms with van der Waals surface area (Å²) < 4.78 is 0. The third-order valence-corrected chi connectivity index (χ3v) is 4.77. The number of carbonyl (C=O) groups excluding carboxylic acids is 1. The summed E-state index contributed by atoms with van der Waals surface area (Å²) in [4.78, 5) is 11.9. The first-order valence-electron chi connectivity index (χ1n) is 5.37. The van der Waals surface area contributed by atoms with Crippen LogP contribution in [0.4, 0.5) is 0 Å². The zero-order chi connectivity index (χ0) is 10.6. The van der Waals surface area contributed by atoms with Gasteiger partial charge in [0.15, 0.2) is 0 Å². The Morgan fingerprint density at radius 3 is 2.50 bits per heavy atom. The number of fused-ring (bicyclic) bond motifs is 2. The van der Waals surface area contributed by atoms with Crippen molar-refractivity contribution in [3.05, 3.63) is 0 Å². The minimum Gasteiger partial charge on any atom is -0.392 e. The van der Waals surface area contributed by atoms with Crippen molar-refractivity contribution >= 4 is 5.91 Å². The smallest absolute Gasteiger partial charge is 0.229 e. The SMILES string of the molecule is CNC(=O)C12CCC(CC1O)C2(C)C. The van der Waals surface area contributed by atoms with E-state index in [0.29, 0.717) is 5.92 Å². The molecule has 14 heavy (non-hydrogen) atoms. The lowest BCUT2D eigenvalue weighted by molar-refractivity contribution is -0.142. The average molecular weight is 197 g/mol. The summed E-state index contributed by atoms with van der Waals surface area (Å²) in [5.74, 6) is 0.532. The van der Waals surface area contributed by atoms with E-state index < -0.39 is 11.5 Å². The Kier molecular flexibility index (Phi) is 1.94. The Morgan fingerprint density at radius 2 is 2.14 bits per heavy atom. The molecule has 1 amide bonds. The molecular weight excluding hydrogens is 178 g/mol. The van der Waals surface area contributed by atoms with Crippen LogP contribution in [-0.2, 0) is 4.79 Å². The van der Waals surface area contributed by atoms with Crippen LogP contribution in [0.5, 0.6) is 0 Å². The van der Waals surface area contributed by atoms with Gasteiger partial charge in [-0.1, -0.05) is 13.8 Å². The molecule has 3 heteroatoms. The lowest BCUT2D eigenvalue weighted by Crippen LogP contribution is -2.50. The van der Waals surface area contributed by atoms with Crippen LogP contribution in [0.2, 0.25) is 0 Å². The van der Waals surface area contributed by atoms with Crippen molar-refractivity contribution in [3.8, 4) is 0 Å². The summed E-state index contributed by atoms with van der Waals surface area (Å²) in [6.07, 6.45) is 2.26. The number of aliphatic hydroxyl groups excluding tert-OH is 1. The number of hydrogen-bond acceptors (Lipinski definition) is 2. The van der Waals surface area contributed by atoms with Gasteiger partial charge >= 0.3 is 0 Å². The lowest BCUT2D eigenvalue weighted by atomic mass is 9.67. The van der Waals surface area contributed by atoms with Crippen LogP contribution >= 0.6 is 0 Å². The molecule has 80 valence electrons. The Labute approximate surface area is 84.9 Å². The van der Waals surface area contributed by atoms with Crippen LogP contribution < -0.4 is 5.32 Å². The van der Waals surface area contributed by atoms with E-state index in [1.165, 1.54) is 0 Å². The first-order valence-corrected chi connectivity index (χ1v) is 5.37. The molecule has 0 aliphatic heterocycles. The molecule has 0 saturated heterocycles. The molecule has 2 fully saturated rings. The van der Waals surface area contributed by atoms with Crippen LogP contribution in [0.1, 0.15) is 33.1 Å². The van der Waals surface area contributed by atoms with Crippen molar-refractivity contribution in [1.29, 1.82) is 0 Å². The summed E-state index contributed by atoms with van der Waals surface area (Å²) in [6.45, 7) is 4.24. The maximum atomic E-state index is 11.9. The fourth-order valence-electron chi connectivity index (χ4n) is 3.71. The van der Waals surface area contributed by atoms with Crippen molar-refractivity contribution in [3.63, 3.8) is 0 Å². The second kappa shape index (κ2) is 2.72. The normalized spacial score (nSPS) is 44.0. The van der Waals surface area contributed by atoms with Gasteiger partial charge in [0, 0.05) is 7.05 Å². The molecule has 2 bridgehead atoms. The molecule has 2 rings (SSSR count). The summed E-state index contributed by atoms with van der Waals surface area (Å²) >= 11 is 0. The molecule has 0 radical (unpaired) electrons. The van der Waals surface area contributed by atoms with Gasteiger partial charge in [0.05, 0.1) is 11.5 Å². The number of nitrogens with one attached hydrogen (secondary N) is 1. The molecule has 0 aromatic carbocycles. The number of rotatable bonds is 1. The van der Waals surface area contributed by atoms with Crippen LogP contribution in [-0.4, -0.2) is 24.2 Å². The van der Waals surface area contributed by atoms with E-state index in [2.05, 4.69) is 19.2 Å². The molecule has 2 N–H and O–H groups in total. The highest BCUT2D eigenvalue weighted by Gasteiger charge is 2.67. The molecule has 0 aromatic heterocycles. The molecular formula is C11H19NO2. The van der Waals surface area contributed by atoms with Crippen LogP contribution in [0.15, 0.2) is 0 Å². The van der Waals surface area contributed by atoms with Crippen LogP contribution in [0.3, 0.4) is 0 Å². The van der Waals surface area contributed by atoms with Crippen molar-refractivity contribution in [2.24, 2.45) is 16.7 Å². The highest BCUT2D eigenvalue weighted by atomic mass is 16.3. The van der Waals surface area contributed by atoms with E-state index in [-0.39, 0.29) is 11.3 Å². The number of aliphatic hydroxyl groups is 1. The van der Waals surface area contributed by atoms with E-state index in [0.717, 1.165) is 19.3 Å². The Bertz CT molecular complexity index is 274. The number of hydrogen-bond donors (Lipinski definition) is 2. The first-order chi connectivity index (χ1) is 6.46. The Hall–Kier alpha value is -0.570. The van der Waals surface area contributed by atoms with Crippen molar-refractivity contribution < 1.29 is 9.90 Å². The maximum Gasteiger partial charge on any atom is 0.229 e. The first kappa shape index (κ1) is 9.97. The van der Waals surface area contributed by atoms with Gasteiger partial charge in [0.25, 0.3) is 0 Å². The predicted molar refractivity (Wildman–Crippen MR) is 53.6 cm³/mol. The van der Waals surface area contributed by atoms with Crippen molar-refractivity contribution in [2.75, 3.05) is 7.05 Å². The van der Waals surface area contributed by atoms with Crippen LogP contribution in [0, 0.1) is 16.7 Å². The molecule has 3 unspecified atom stereocenters. The Morgan fingerprint density at radius 1 is 1.50 bits per heavy atom. The van der Waals surface area contributed by atoms with Gasteiger partial charge in [-0.2, -0.15) is 0 Å². The second-order valence-electron chi connectivity index (χ2n) is 5.26. The molecule has 3 atom stereocenters. The number of amides is 1. The van der Waals surface area contributed by atoms with Gasteiger partial charge < -0.3 is 10.4 Å². The molecule has 2 aliphatic rings. The zero-order valence-corrected chi connectivity index (χ0v) is 9.13. The van der Waals surface area contributed by atoms with Gasteiger partial charge in [-0.15, -0.1) is 0 Å². The zero-order valence-electron chi connectivity index (χ0n) is 9.13. The maximum absolute atomic E-state index is 11.9. The van der Waals surface area contributed by atoms with Gasteiger partial charge in [-0.3, -0.25) is 4.79 Å². The molecule has 0 heterocycles. The molecule has 0 spiro atoms. The molecule has 2 saturated carbocycles. The molecule has 3 nitrogen and oxygen atoms in total. The Balaban J connectivity index is 2.44. The third kappa shape index (κ3) is 0.842. The van der Waals surface area contributed by atoms with Crippen molar-refractivity contribution in [1.82, 2.24) is 5.32 Å². The monoisotopic (exact) mass is 197 g/mol. The van der Waals surface area contributed by atoms with E-state index in [4.69, 9.17) is 0 Å². The minimum absolute atomic E-state index is 0.0231.